The normalized spacial score (nSPS) is 14.3. The number of aromatic nitrogens is 1. The number of carbonyl (C=O) groups is 1. The summed E-state index contributed by atoms with van der Waals surface area (Å²) in [5.41, 5.74) is 2.76. The molecule has 3 heterocycles. The molecule has 5 aromatic rings. The average Bonchev–Trinajstić information content (AvgIpc) is 3.70. The predicted molar refractivity (Wildman–Crippen MR) is 185 cm³/mol. The Balaban J connectivity index is 1.58. The van der Waals surface area contributed by atoms with Crippen molar-refractivity contribution in [2.24, 2.45) is 4.99 Å². The van der Waals surface area contributed by atoms with E-state index < -0.39 is 22.5 Å². The molecule has 1 aliphatic rings. The SMILES string of the molecule is CCCOc1c(OC)cccc1[C@@H]1C(C(=O)OCC)=C(c2ccccc2)N=c2s/c(=C/c3ccc(-c4ccc([N+](=O)[O-])cc4C)o3)c(=O)n21. The van der Waals surface area contributed by atoms with E-state index in [1.54, 1.807) is 50.3 Å². The number of methoxy groups -OCH3 is 1. The molecule has 3 aromatic carbocycles. The molecule has 49 heavy (non-hydrogen) atoms. The van der Waals surface area contributed by atoms with Crippen molar-refractivity contribution in [2.75, 3.05) is 20.3 Å². The molecule has 0 fully saturated rings. The van der Waals surface area contributed by atoms with Crippen molar-refractivity contribution < 1.29 is 28.3 Å². The van der Waals surface area contributed by atoms with Crippen LogP contribution in [0, 0.1) is 17.0 Å². The third-order valence-corrected chi connectivity index (χ3v) is 8.92. The molecule has 0 aliphatic carbocycles. The summed E-state index contributed by atoms with van der Waals surface area (Å²) < 4.78 is 25.4. The van der Waals surface area contributed by atoms with Gasteiger partial charge in [-0.1, -0.05) is 60.7 Å². The van der Waals surface area contributed by atoms with Crippen molar-refractivity contribution in [1.82, 2.24) is 4.57 Å². The number of carbonyl (C=O) groups excluding carboxylic acids is 1. The zero-order valence-corrected chi connectivity index (χ0v) is 28.1. The summed E-state index contributed by atoms with van der Waals surface area (Å²) in [4.78, 5) is 44.4. The van der Waals surface area contributed by atoms with E-state index in [0.29, 0.717) is 66.9 Å². The van der Waals surface area contributed by atoms with Gasteiger partial charge in [0.2, 0.25) is 0 Å². The third kappa shape index (κ3) is 6.42. The van der Waals surface area contributed by atoms with Gasteiger partial charge in [-0.3, -0.25) is 19.5 Å². The molecule has 0 saturated heterocycles. The Morgan fingerprint density at radius 3 is 2.57 bits per heavy atom. The van der Waals surface area contributed by atoms with Crippen LogP contribution in [-0.2, 0) is 9.53 Å². The summed E-state index contributed by atoms with van der Waals surface area (Å²) in [7, 11) is 1.54. The minimum Gasteiger partial charge on any atom is -0.493 e. The number of rotatable bonds is 11. The highest BCUT2D eigenvalue weighted by Crippen LogP contribution is 2.42. The lowest BCUT2D eigenvalue weighted by atomic mass is 9.92. The summed E-state index contributed by atoms with van der Waals surface area (Å²) in [5, 5.41) is 11.2. The quantitative estimate of drug-likeness (QED) is 0.0914. The first-order valence-corrected chi connectivity index (χ1v) is 16.5. The molecule has 250 valence electrons. The van der Waals surface area contributed by atoms with E-state index in [0.717, 1.165) is 17.8 Å². The number of ether oxygens (including phenoxy) is 3. The van der Waals surface area contributed by atoms with Gasteiger partial charge >= 0.3 is 5.97 Å². The van der Waals surface area contributed by atoms with Gasteiger partial charge in [-0.15, -0.1) is 0 Å². The highest BCUT2D eigenvalue weighted by atomic mass is 32.1. The summed E-state index contributed by atoms with van der Waals surface area (Å²) in [6, 6.07) is 21.7. The smallest absolute Gasteiger partial charge is 0.338 e. The number of fused-ring (bicyclic) bond motifs is 1. The van der Waals surface area contributed by atoms with E-state index >= 15 is 0 Å². The van der Waals surface area contributed by atoms with Crippen LogP contribution in [0.15, 0.2) is 98.6 Å². The molecular formula is C37H33N3O8S. The number of non-ortho nitro benzene ring substituents is 1. The molecule has 2 aromatic heterocycles. The van der Waals surface area contributed by atoms with Crippen LogP contribution in [-0.4, -0.2) is 35.8 Å². The molecule has 0 radical (unpaired) electrons. The summed E-state index contributed by atoms with van der Waals surface area (Å²) in [5.74, 6) is 1.16. The number of furan rings is 1. The van der Waals surface area contributed by atoms with Crippen LogP contribution in [0.25, 0.3) is 23.1 Å². The number of para-hydroxylation sites is 1. The van der Waals surface area contributed by atoms with Crippen molar-refractivity contribution in [3.05, 3.63) is 137 Å². The highest BCUT2D eigenvalue weighted by molar-refractivity contribution is 7.07. The summed E-state index contributed by atoms with van der Waals surface area (Å²) >= 11 is 1.16. The van der Waals surface area contributed by atoms with Crippen LogP contribution in [0.5, 0.6) is 11.5 Å². The molecule has 1 atom stereocenters. The van der Waals surface area contributed by atoms with Gasteiger partial charge in [-0.2, -0.15) is 0 Å². The fraction of sp³-hybridized carbons (Fsp3) is 0.216. The van der Waals surface area contributed by atoms with Crippen LogP contribution >= 0.6 is 11.3 Å². The van der Waals surface area contributed by atoms with E-state index in [9.17, 15) is 19.7 Å². The lowest BCUT2D eigenvalue weighted by Gasteiger charge is -2.27. The van der Waals surface area contributed by atoms with Crippen molar-refractivity contribution in [1.29, 1.82) is 0 Å². The summed E-state index contributed by atoms with van der Waals surface area (Å²) in [6.07, 6.45) is 2.35. The zero-order valence-electron chi connectivity index (χ0n) is 27.3. The molecule has 0 unspecified atom stereocenters. The number of benzene rings is 3. The Bertz CT molecular complexity index is 2270. The zero-order chi connectivity index (χ0) is 34.7. The minimum absolute atomic E-state index is 0.0139. The Hall–Kier alpha value is -5.75. The number of esters is 1. The van der Waals surface area contributed by atoms with Gasteiger partial charge in [0.1, 0.15) is 17.6 Å². The lowest BCUT2D eigenvalue weighted by Crippen LogP contribution is -2.40. The van der Waals surface area contributed by atoms with E-state index in [4.69, 9.17) is 23.6 Å². The number of aryl methyl sites for hydroxylation is 1. The molecule has 0 spiro atoms. The van der Waals surface area contributed by atoms with Crippen molar-refractivity contribution in [3.8, 4) is 22.8 Å². The van der Waals surface area contributed by atoms with Crippen LogP contribution < -0.4 is 24.4 Å². The van der Waals surface area contributed by atoms with Gasteiger partial charge in [0.05, 0.1) is 41.0 Å². The molecule has 6 rings (SSSR count). The Morgan fingerprint density at radius 2 is 1.88 bits per heavy atom. The van der Waals surface area contributed by atoms with Crippen molar-refractivity contribution >= 4 is 34.8 Å². The van der Waals surface area contributed by atoms with Crippen LogP contribution in [0.2, 0.25) is 0 Å². The molecule has 0 amide bonds. The van der Waals surface area contributed by atoms with Crippen molar-refractivity contribution in [3.63, 3.8) is 0 Å². The highest BCUT2D eigenvalue weighted by Gasteiger charge is 2.37. The predicted octanol–water partition coefficient (Wildman–Crippen LogP) is 6.21. The van der Waals surface area contributed by atoms with Gasteiger partial charge in [0, 0.05) is 34.9 Å². The van der Waals surface area contributed by atoms with Gasteiger partial charge in [0.15, 0.2) is 16.3 Å². The first-order chi connectivity index (χ1) is 23.7. The van der Waals surface area contributed by atoms with Crippen LogP contribution in [0.3, 0.4) is 0 Å². The number of thiazole rings is 1. The van der Waals surface area contributed by atoms with Gasteiger partial charge in [-0.25, -0.2) is 9.79 Å². The van der Waals surface area contributed by atoms with Crippen LogP contribution in [0.1, 0.15) is 48.8 Å². The number of nitro groups is 1. The number of nitrogens with zero attached hydrogens (tertiary/aromatic N) is 3. The minimum atomic E-state index is -0.968. The topological polar surface area (TPSA) is 135 Å². The Labute approximate surface area is 285 Å². The second kappa shape index (κ2) is 14.2. The number of hydrogen-bond donors (Lipinski definition) is 0. The molecule has 11 nitrogen and oxygen atoms in total. The van der Waals surface area contributed by atoms with Gasteiger partial charge in [0.25, 0.3) is 11.2 Å². The third-order valence-electron chi connectivity index (χ3n) is 7.93. The maximum atomic E-state index is 14.4. The monoisotopic (exact) mass is 679 g/mol. The van der Waals surface area contributed by atoms with Gasteiger partial charge in [-0.05, 0) is 50.1 Å². The number of nitro benzene ring substituents is 1. The van der Waals surface area contributed by atoms with E-state index in [2.05, 4.69) is 0 Å². The Morgan fingerprint density at radius 1 is 1.08 bits per heavy atom. The van der Waals surface area contributed by atoms with E-state index in [-0.39, 0.29) is 17.9 Å². The van der Waals surface area contributed by atoms with Crippen molar-refractivity contribution in [2.45, 2.75) is 33.2 Å². The molecule has 0 saturated carbocycles. The second-order valence-corrected chi connectivity index (χ2v) is 12.1. The molecule has 0 bridgehead atoms. The average molecular weight is 680 g/mol. The maximum Gasteiger partial charge on any atom is 0.338 e. The van der Waals surface area contributed by atoms with E-state index in [1.807, 2.05) is 43.3 Å². The standard InChI is InChI=1S/C37H33N3O8S/c1-5-19-47-34-27(13-10-14-29(34)45-4)33-31(36(42)46-6-2)32(23-11-8-7-9-12-23)38-37-39(33)35(41)30(49-37)21-25-16-18-28(48-25)26-17-15-24(40(43)44)20-22(26)3/h7-18,20-21,33H,5-6,19H2,1-4H3/b30-21+/t33-/m1/s1. The molecular weight excluding hydrogens is 646 g/mol. The molecule has 12 heteroatoms. The fourth-order valence-electron chi connectivity index (χ4n) is 5.74. The van der Waals surface area contributed by atoms with Gasteiger partial charge < -0.3 is 18.6 Å². The fourth-order valence-corrected chi connectivity index (χ4v) is 6.73. The molecule has 0 N–H and O–H groups in total. The Kier molecular flexibility index (Phi) is 9.58. The first-order valence-electron chi connectivity index (χ1n) is 15.7. The largest absolute Gasteiger partial charge is 0.493 e. The lowest BCUT2D eigenvalue weighted by molar-refractivity contribution is -0.384. The second-order valence-electron chi connectivity index (χ2n) is 11.1. The molecule has 1 aliphatic heterocycles. The summed E-state index contributed by atoms with van der Waals surface area (Å²) in [6.45, 7) is 5.98. The number of hydrogen-bond acceptors (Lipinski definition) is 10. The van der Waals surface area contributed by atoms with E-state index in [1.165, 1.54) is 23.8 Å². The van der Waals surface area contributed by atoms with Crippen LogP contribution in [0.4, 0.5) is 5.69 Å². The maximum absolute atomic E-state index is 14.4. The first kappa shape index (κ1) is 33.2.